The van der Waals surface area contributed by atoms with E-state index in [0.717, 1.165) is 22.4 Å². The standard InChI is InChI=1S/C35H43N7O5/c1-3-42(28-8-9-30(36)29(20-28)32(37)25-13-18-46-19-14-25)34(44)27-10-15-40(21-27)22-31(43)41-16-11-24(12-17-41)23-4-6-26(7-5-23)33(38)47-35(45)39-2/h4-9,11,13,20,27,37-38H,3,10,12,14-19,21-22,36H2,1-2H3,(H,39,45)/t27-/m1/s1. The smallest absolute Gasteiger partial charge is 0.398 e. The first-order valence-electron chi connectivity index (χ1n) is 16.0. The Kier molecular flexibility index (Phi) is 10.8. The molecule has 12 nitrogen and oxygen atoms in total. The number of rotatable bonds is 9. The highest BCUT2D eigenvalue weighted by atomic mass is 16.6. The fourth-order valence-electron chi connectivity index (χ4n) is 6.21. The number of nitrogens with zero attached hydrogens (tertiary/aromatic N) is 3. The summed E-state index contributed by atoms with van der Waals surface area (Å²) in [6.07, 6.45) is 5.32. The average molecular weight is 642 g/mol. The fourth-order valence-corrected chi connectivity index (χ4v) is 6.21. The SMILES string of the molecule is CCN(C(=O)[C@@H]1CCN(CC(=O)N2CC=C(c3ccc(C(=N)OC(=O)NC)cc3)CC2)C1)c1ccc(N)c(C(=N)C2=CCOCC2)c1. The second-order valence-electron chi connectivity index (χ2n) is 11.9. The summed E-state index contributed by atoms with van der Waals surface area (Å²) >= 11 is 0. The van der Waals surface area contributed by atoms with E-state index in [2.05, 4.69) is 16.3 Å². The van der Waals surface area contributed by atoms with E-state index in [1.54, 1.807) is 23.1 Å². The van der Waals surface area contributed by atoms with Gasteiger partial charge in [-0.25, -0.2) is 4.79 Å². The van der Waals surface area contributed by atoms with Crippen molar-refractivity contribution in [2.75, 3.05) is 70.2 Å². The summed E-state index contributed by atoms with van der Waals surface area (Å²) < 4.78 is 10.3. The van der Waals surface area contributed by atoms with Gasteiger partial charge in [-0.3, -0.25) is 25.3 Å². The van der Waals surface area contributed by atoms with E-state index in [1.807, 2.05) is 42.2 Å². The number of nitrogens with two attached hydrogens (primary N) is 1. The first-order valence-corrected chi connectivity index (χ1v) is 16.0. The van der Waals surface area contributed by atoms with Crippen molar-refractivity contribution in [2.45, 2.75) is 26.2 Å². The lowest BCUT2D eigenvalue weighted by atomic mass is 9.96. The van der Waals surface area contributed by atoms with Crippen molar-refractivity contribution in [1.82, 2.24) is 15.1 Å². The van der Waals surface area contributed by atoms with Gasteiger partial charge in [-0.1, -0.05) is 24.3 Å². The predicted octanol–water partition coefficient (Wildman–Crippen LogP) is 3.66. The van der Waals surface area contributed by atoms with E-state index in [1.165, 1.54) is 7.05 Å². The molecule has 0 saturated carbocycles. The lowest BCUT2D eigenvalue weighted by Crippen LogP contribution is -2.42. The molecule has 3 heterocycles. The third-order valence-corrected chi connectivity index (χ3v) is 8.94. The normalized spacial score (nSPS) is 18.2. The number of anilines is 2. The molecule has 248 valence electrons. The van der Waals surface area contributed by atoms with Gasteiger partial charge in [0.15, 0.2) is 0 Å². The summed E-state index contributed by atoms with van der Waals surface area (Å²) in [6, 6.07) is 12.7. The van der Waals surface area contributed by atoms with E-state index in [0.29, 0.717) is 87.7 Å². The monoisotopic (exact) mass is 641 g/mol. The van der Waals surface area contributed by atoms with E-state index in [4.69, 9.17) is 26.0 Å². The van der Waals surface area contributed by atoms with Crippen LogP contribution < -0.4 is 16.0 Å². The van der Waals surface area contributed by atoms with Gasteiger partial charge in [0.25, 0.3) is 0 Å². The highest BCUT2D eigenvalue weighted by Gasteiger charge is 2.33. The minimum atomic E-state index is -0.688. The number of likely N-dealkylation sites (tertiary alicyclic amines) is 1. The molecule has 0 aromatic heterocycles. The second-order valence-corrected chi connectivity index (χ2v) is 11.9. The molecule has 0 bridgehead atoms. The average Bonchev–Trinajstić information content (AvgIpc) is 3.57. The van der Waals surface area contributed by atoms with Gasteiger partial charge in [-0.05, 0) is 79.8 Å². The van der Waals surface area contributed by atoms with Gasteiger partial charge in [0.2, 0.25) is 17.7 Å². The minimum Gasteiger partial charge on any atom is -0.398 e. The Morgan fingerprint density at radius 3 is 2.53 bits per heavy atom. The molecule has 0 aliphatic carbocycles. The van der Waals surface area contributed by atoms with Gasteiger partial charge in [0.1, 0.15) is 0 Å². The Morgan fingerprint density at radius 2 is 1.87 bits per heavy atom. The third-order valence-electron chi connectivity index (χ3n) is 8.94. The first-order chi connectivity index (χ1) is 22.7. The number of carbonyl (C=O) groups is 3. The lowest BCUT2D eigenvalue weighted by molar-refractivity contribution is -0.132. The number of amides is 3. The summed E-state index contributed by atoms with van der Waals surface area (Å²) in [5, 5.41) is 19.0. The number of alkyl carbamates (subject to hydrolysis) is 1. The zero-order valence-electron chi connectivity index (χ0n) is 27.0. The lowest BCUT2D eigenvalue weighted by Gasteiger charge is -2.29. The molecular formula is C35H43N7O5. The minimum absolute atomic E-state index is 0.0156. The molecule has 1 atom stereocenters. The van der Waals surface area contributed by atoms with Crippen LogP contribution in [0.25, 0.3) is 5.57 Å². The van der Waals surface area contributed by atoms with E-state index >= 15 is 0 Å². The molecule has 5 N–H and O–H groups in total. The van der Waals surface area contributed by atoms with Gasteiger partial charge >= 0.3 is 6.09 Å². The molecule has 3 amide bonds. The van der Waals surface area contributed by atoms with Crippen molar-refractivity contribution in [1.29, 1.82) is 10.8 Å². The quantitative estimate of drug-likeness (QED) is 0.184. The molecule has 1 saturated heterocycles. The molecule has 12 heteroatoms. The van der Waals surface area contributed by atoms with Crippen LogP contribution in [0.1, 0.15) is 42.9 Å². The Morgan fingerprint density at radius 1 is 1.09 bits per heavy atom. The molecule has 3 aliphatic rings. The van der Waals surface area contributed by atoms with Gasteiger partial charge in [0.05, 0.1) is 31.4 Å². The van der Waals surface area contributed by atoms with E-state index in [-0.39, 0.29) is 30.2 Å². The highest BCUT2D eigenvalue weighted by Crippen LogP contribution is 2.29. The van der Waals surface area contributed by atoms with Crippen LogP contribution in [0.3, 0.4) is 0 Å². The largest absolute Gasteiger partial charge is 0.413 e. The number of carbonyl (C=O) groups excluding carboxylic acids is 3. The Balaban J connectivity index is 1.14. The van der Waals surface area contributed by atoms with Gasteiger partial charge in [-0.15, -0.1) is 0 Å². The van der Waals surface area contributed by atoms with Gasteiger partial charge in [0, 0.05) is 55.7 Å². The first kappa shape index (κ1) is 33.6. The number of nitrogen functional groups attached to an aromatic ring is 1. The zero-order chi connectivity index (χ0) is 33.5. The van der Waals surface area contributed by atoms with Crippen molar-refractivity contribution in [3.8, 4) is 0 Å². The van der Waals surface area contributed by atoms with Crippen molar-refractivity contribution >= 4 is 46.5 Å². The molecular weight excluding hydrogens is 598 g/mol. The van der Waals surface area contributed by atoms with Gasteiger partial charge < -0.3 is 30.3 Å². The van der Waals surface area contributed by atoms with Crippen LogP contribution in [0.5, 0.6) is 0 Å². The zero-order valence-corrected chi connectivity index (χ0v) is 27.0. The molecule has 47 heavy (non-hydrogen) atoms. The Labute approximate surface area is 275 Å². The van der Waals surface area contributed by atoms with E-state index in [9.17, 15) is 14.4 Å². The van der Waals surface area contributed by atoms with Crippen LogP contribution in [0.15, 0.2) is 60.2 Å². The number of ether oxygens (including phenoxy) is 2. The predicted molar refractivity (Wildman–Crippen MR) is 182 cm³/mol. The van der Waals surface area contributed by atoms with Crippen LogP contribution >= 0.6 is 0 Å². The molecule has 1 fully saturated rings. The molecule has 2 aromatic carbocycles. The molecule has 0 radical (unpaired) electrons. The van der Waals surface area contributed by atoms with Crippen LogP contribution in [0.4, 0.5) is 16.2 Å². The van der Waals surface area contributed by atoms with Crippen LogP contribution in [0, 0.1) is 16.7 Å². The Bertz CT molecular complexity index is 1600. The van der Waals surface area contributed by atoms with Crippen LogP contribution in [-0.4, -0.2) is 98.8 Å². The summed E-state index contributed by atoms with van der Waals surface area (Å²) in [5.41, 5.74) is 12.0. The summed E-state index contributed by atoms with van der Waals surface area (Å²) in [7, 11) is 1.44. The molecule has 3 aliphatic heterocycles. The number of nitrogens with one attached hydrogen (secondary N) is 3. The maximum atomic E-state index is 13.7. The Hall–Kier alpha value is -4.81. The maximum absolute atomic E-state index is 13.7. The van der Waals surface area contributed by atoms with Crippen molar-refractivity contribution < 1.29 is 23.9 Å². The summed E-state index contributed by atoms with van der Waals surface area (Å²) in [6.45, 7) is 6.04. The number of hydrogen-bond acceptors (Lipinski definition) is 9. The number of benzene rings is 2. The maximum Gasteiger partial charge on any atom is 0.413 e. The molecule has 2 aromatic rings. The number of hydrogen-bond donors (Lipinski definition) is 4. The van der Waals surface area contributed by atoms with Crippen LogP contribution in [0.2, 0.25) is 0 Å². The second kappa shape index (κ2) is 15.2. The topological polar surface area (TPSA) is 165 Å². The summed E-state index contributed by atoms with van der Waals surface area (Å²) in [4.78, 5) is 44.0. The molecule has 5 rings (SSSR count). The highest BCUT2D eigenvalue weighted by molar-refractivity contribution is 6.14. The van der Waals surface area contributed by atoms with Crippen molar-refractivity contribution in [3.63, 3.8) is 0 Å². The van der Waals surface area contributed by atoms with Crippen molar-refractivity contribution in [3.05, 3.63) is 76.9 Å². The molecule has 0 spiro atoms. The van der Waals surface area contributed by atoms with Crippen molar-refractivity contribution in [2.24, 2.45) is 5.92 Å². The fraction of sp³-hybridized carbons (Fsp3) is 0.400. The van der Waals surface area contributed by atoms with Crippen LogP contribution in [-0.2, 0) is 19.1 Å². The molecule has 0 unspecified atom stereocenters. The summed E-state index contributed by atoms with van der Waals surface area (Å²) in [5.74, 6) is -0.388. The van der Waals surface area contributed by atoms with E-state index < -0.39 is 6.09 Å². The van der Waals surface area contributed by atoms with Gasteiger partial charge in [-0.2, -0.15) is 0 Å². The third kappa shape index (κ3) is 7.95.